The lowest BCUT2D eigenvalue weighted by molar-refractivity contribution is -0.0594. The van der Waals surface area contributed by atoms with Crippen LogP contribution < -0.4 is 0 Å². The number of carbonyl (C=O) groups is 1. The minimum atomic E-state index is -7.10. The van der Waals surface area contributed by atoms with Crippen molar-refractivity contribution in [2.45, 2.75) is 10.8 Å². The molecule has 2 aromatic rings. The SMILES string of the molecule is O=C(n1ccc2ccccc21)C(F)(F)S(=O)(=O)N(O)S(=O)(=O)C(F)(F)F. The van der Waals surface area contributed by atoms with E-state index in [0.29, 0.717) is 6.20 Å². The lowest BCUT2D eigenvalue weighted by Gasteiger charge is -2.22. The number of carbonyl (C=O) groups excluding carboxylic acids is 1. The molecule has 0 bridgehead atoms. The molecule has 8 nitrogen and oxygen atoms in total. The topological polar surface area (TPSA) is 114 Å². The summed E-state index contributed by atoms with van der Waals surface area (Å²) >= 11 is 0. The van der Waals surface area contributed by atoms with Crippen molar-refractivity contribution < 1.29 is 48.8 Å². The number of hydrogen-bond donors (Lipinski definition) is 1. The second-order valence-corrected chi connectivity index (χ2v) is 8.50. The summed E-state index contributed by atoms with van der Waals surface area (Å²) in [4.78, 5) is 11.9. The summed E-state index contributed by atoms with van der Waals surface area (Å²) in [6, 6.07) is 6.36. The number of benzene rings is 1. The third-order valence-electron chi connectivity index (χ3n) is 3.09. The molecule has 0 amide bonds. The van der Waals surface area contributed by atoms with Crippen LogP contribution in [0.25, 0.3) is 10.9 Å². The van der Waals surface area contributed by atoms with Crippen molar-refractivity contribution in [3.05, 3.63) is 36.5 Å². The van der Waals surface area contributed by atoms with Crippen LogP contribution in [0.1, 0.15) is 4.79 Å². The van der Waals surface area contributed by atoms with E-state index in [2.05, 4.69) is 0 Å². The Balaban J connectivity index is 2.56. The highest BCUT2D eigenvalue weighted by Crippen LogP contribution is 2.34. The molecule has 26 heavy (non-hydrogen) atoms. The van der Waals surface area contributed by atoms with E-state index in [0.717, 1.165) is 12.1 Å². The monoisotopic (exact) mass is 422 g/mol. The van der Waals surface area contributed by atoms with Gasteiger partial charge in [0, 0.05) is 15.5 Å². The van der Waals surface area contributed by atoms with Crippen LogP contribution >= 0.6 is 0 Å². The van der Waals surface area contributed by atoms with Crippen LogP contribution in [0.2, 0.25) is 0 Å². The average Bonchev–Trinajstić information content (AvgIpc) is 2.95. The first-order valence-corrected chi connectivity index (χ1v) is 9.07. The van der Waals surface area contributed by atoms with Crippen LogP contribution in [0.4, 0.5) is 22.0 Å². The Morgan fingerprint density at radius 3 is 2.04 bits per heavy atom. The standard InChI is InChI=1S/C11H7F5N2O6S2/c12-10(13,25(21,22)18(20)26(23,24)11(14,15)16)9(19)17-6-5-7-3-1-2-4-8(7)17/h1-6,20H. The van der Waals surface area contributed by atoms with Gasteiger partial charge in [0.05, 0.1) is 5.52 Å². The predicted octanol–water partition coefficient (Wildman–Crippen LogP) is 1.74. The zero-order valence-corrected chi connectivity index (χ0v) is 13.7. The number of sulfonamides is 2. The highest BCUT2D eigenvalue weighted by atomic mass is 32.3. The number of para-hydroxylation sites is 1. The Hall–Kier alpha value is -2.10. The highest BCUT2D eigenvalue weighted by Gasteiger charge is 2.64. The van der Waals surface area contributed by atoms with E-state index >= 15 is 0 Å². The minimum absolute atomic E-state index is 0.0981. The Bertz CT molecular complexity index is 1070. The van der Waals surface area contributed by atoms with Crippen LogP contribution in [0, 0.1) is 0 Å². The summed E-state index contributed by atoms with van der Waals surface area (Å²) in [6.45, 7) is 0. The Kier molecular flexibility index (Phi) is 4.64. The molecule has 1 aromatic carbocycles. The van der Waals surface area contributed by atoms with Gasteiger partial charge in [0.1, 0.15) is 0 Å². The molecule has 2 rings (SSSR count). The second-order valence-electron chi connectivity index (χ2n) is 4.70. The van der Waals surface area contributed by atoms with Gasteiger partial charge in [-0.2, -0.15) is 30.4 Å². The summed E-state index contributed by atoms with van der Waals surface area (Å²) in [5.74, 6) is -2.59. The maximum atomic E-state index is 14.1. The van der Waals surface area contributed by atoms with E-state index in [1.807, 2.05) is 0 Å². The van der Waals surface area contributed by atoms with Crippen molar-refractivity contribution in [3.8, 4) is 0 Å². The molecule has 0 fully saturated rings. The quantitative estimate of drug-likeness (QED) is 0.593. The van der Waals surface area contributed by atoms with Gasteiger partial charge >= 0.3 is 36.7 Å². The Morgan fingerprint density at radius 1 is 0.962 bits per heavy atom. The molecule has 0 radical (unpaired) electrons. The van der Waals surface area contributed by atoms with Crippen molar-refractivity contribution in [2.75, 3.05) is 0 Å². The van der Waals surface area contributed by atoms with Gasteiger partial charge in [0.15, 0.2) is 0 Å². The van der Waals surface area contributed by atoms with E-state index < -0.39 is 40.6 Å². The zero-order chi connectivity index (χ0) is 20.1. The van der Waals surface area contributed by atoms with Gasteiger partial charge in [0.2, 0.25) is 0 Å². The maximum absolute atomic E-state index is 14.1. The van der Waals surface area contributed by atoms with E-state index in [4.69, 9.17) is 5.21 Å². The number of nitrogens with zero attached hydrogens (tertiary/aromatic N) is 2. The smallest absolute Gasteiger partial charge is 0.285 e. The summed E-state index contributed by atoms with van der Waals surface area (Å²) < 4.78 is 107. The highest BCUT2D eigenvalue weighted by molar-refractivity contribution is 8.05. The summed E-state index contributed by atoms with van der Waals surface area (Å²) in [7, 11) is -14.1. The molecule has 1 N–H and O–H groups in total. The largest absolute Gasteiger partial charge is 0.514 e. The van der Waals surface area contributed by atoms with Crippen LogP contribution in [0.5, 0.6) is 0 Å². The molecule has 0 atom stereocenters. The molecule has 1 heterocycles. The predicted molar refractivity (Wildman–Crippen MR) is 75.0 cm³/mol. The Labute approximate surface area is 142 Å². The number of fused-ring (bicyclic) bond motifs is 1. The summed E-state index contributed by atoms with van der Waals surface area (Å²) in [6.07, 6.45) is 0.705. The molecular formula is C11H7F5N2O6S2. The molecule has 0 aliphatic heterocycles. The number of aromatic nitrogens is 1. The molecular weight excluding hydrogens is 415 g/mol. The average molecular weight is 422 g/mol. The number of halogens is 5. The van der Waals surface area contributed by atoms with Crippen LogP contribution in [0.15, 0.2) is 36.5 Å². The first-order chi connectivity index (χ1) is 11.7. The van der Waals surface area contributed by atoms with Crippen LogP contribution in [0.3, 0.4) is 0 Å². The van der Waals surface area contributed by atoms with Gasteiger partial charge in [-0.05, 0) is 12.1 Å². The van der Waals surface area contributed by atoms with Crippen LogP contribution in [-0.4, -0.2) is 47.2 Å². The van der Waals surface area contributed by atoms with E-state index in [1.54, 1.807) is 0 Å². The third-order valence-corrected chi connectivity index (χ3v) is 6.50. The van der Waals surface area contributed by atoms with Crippen molar-refractivity contribution in [1.82, 2.24) is 8.44 Å². The van der Waals surface area contributed by atoms with Crippen molar-refractivity contribution >= 4 is 36.9 Å². The normalized spacial score (nSPS) is 14.1. The first-order valence-electron chi connectivity index (χ1n) is 6.19. The Morgan fingerprint density at radius 2 is 1.50 bits per heavy atom. The molecule has 0 aliphatic rings. The van der Waals surface area contributed by atoms with Gasteiger partial charge in [-0.3, -0.25) is 14.6 Å². The number of hydrogen-bond acceptors (Lipinski definition) is 6. The number of rotatable bonds is 4. The summed E-state index contributed by atoms with van der Waals surface area (Å²) in [5.41, 5.74) is -6.63. The van der Waals surface area contributed by atoms with Gasteiger partial charge in [-0.25, -0.2) is 8.42 Å². The van der Waals surface area contributed by atoms with Crippen LogP contribution in [-0.2, 0) is 20.0 Å². The molecule has 1 aromatic heterocycles. The lowest BCUT2D eigenvalue weighted by Crippen LogP contribution is -2.52. The molecule has 15 heteroatoms. The zero-order valence-electron chi connectivity index (χ0n) is 12.1. The van der Waals surface area contributed by atoms with Gasteiger partial charge < -0.3 is 0 Å². The fourth-order valence-corrected chi connectivity index (χ4v) is 4.09. The van der Waals surface area contributed by atoms with Gasteiger partial charge in [-0.1, -0.05) is 18.2 Å². The van der Waals surface area contributed by atoms with E-state index in [1.165, 1.54) is 18.2 Å². The molecule has 0 aliphatic carbocycles. The maximum Gasteiger partial charge on any atom is 0.514 e. The third kappa shape index (κ3) is 2.85. The van der Waals surface area contributed by atoms with Crippen molar-refractivity contribution in [3.63, 3.8) is 0 Å². The van der Waals surface area contributed by atoms with Gasteiger partial charge in [-0.15, -0.1) is 0 Å². The number of alkyl halides is 5. The fourth-order valence-electron chi connectivity index (χ4n) is 1.83. The lowest BCUT2D eigenvalue weighted by atomic mass is 10.2. The molecule has 0 saturated heterocycles. The molecule has 0 spiro atoms. The summed E-state index contributed by atoms with van der Waals surface area (Å²) in [5, 5.41) is 3.30. The van der Waals surface area contributed by atoms with E-state index in [-0.39, 0.29) is 15.5 Å². The van der Waals surface area contributed by atoms with E-state index in [9.17, 15) is 43.6 Å². The first kappa shape index (κ1) is 20.2. The molecule has 0 saturated carbocycles. The molecule has 144 valence electrons. The second kappa shape index (κ2) is 5.97. The fraction of sp³-hybridized carbons (Fsp3) is 0.182. The minimum Gasteiger partial charge on any atom is -0.285 e. The van der Waals surface area contributed by atoms with Crippen molar-refractivity contribution in [1.29, 1.82) is 0 Å². The van der Waals surface area contributed by atoms with Gasteiger partial charge in [0.25, 0.3) is 0 Å². The molecule has 0 unspecified atom stereocenters. The van der Waals surface area contributed by atoms with Crippen molar-refractivity contribution in [2.24, 2.45) is 0 Å².